The Morgan fingerprint density at radius 1 is 1.50 bits per heavy atom. The molecule has 0 aromatic carbocycles. The van der Waals surface area contributed by atoms with Crippen LogP contribution in [0.4, 0.5) is 0 Å². The van der Waals surface area contributed by atoms with Gasteiger partial charge < -0.3 is 10.6 Å². The average Bonchev–Trinajstić information content (AvgIpc) is 2.06. The molecule has 0 aromatic rings. The molecule has 0 radical (unpaired) electrons. The smallest absolute Gasteiger partial charge is 0.191 e. The SMILES string of the molecule is CCN=C(N)N1CCC(C)CC1. The third kappa shape index (κ3) is 2.40. The van der Waals surface area contributed by atoms with Crippen molar-refractivity contribution in [3.8, 4) is 0 Å². The summed E-state index contributed by atoms with van der Waals surface area (Å²) in [7, 11) is 0. The van der Waals surface area contributed by atoms with Gasteiger partial charge in [0.1, 0.15) is 0 Å². The van der Waals surface area contributed by atoms with Crippen LogP contribution < -0.4 is 5.73 Å². The van der Waals surface area contributed by atoms with E-state index in [2.05, 4.69) is 16.8 Å². The van der Waals surface area contributed by atoms with E-state index in [-0.39, 0.29) is 0 Å². The number of likely N-dealkylation sites (tertiary alicyclic amines) is 1. The van der Waals surface area contributed by atoms with Crippen molar-refractivity contribution in [3.05, 3.63) is 0 Å². The van der Waals surface area contributed by atoms with Gasteiger partial charge in [0.2, 0.25) is 0 Å². The zero-order chi connectivity index (χ0) is 8.97. The number of guanidine groups is 1. The Labute approximate surface area is 74.6 Å². The monoisotopic (exact) mass is 169 g/mol. The molecule has 0 amide bonds. The van der Waals surface area contributed by atoms with Gasteiger partial charge in [0.05, 0.1) is 0 Å². The van der Waals surface area contributed by atoms with Crippen LogP contribution in [0.3, 0.4) is 0 Å². The molecule has 0 atom stereocenters. The van der Waals surface area contributed by atoms with Gasteiger partial charge in [-0.25, -0.2) is 0 Å². The van der Waals surface area contributed by atoms with Crippen LogP contribution in [0.5, 0.6) is 0 Å². The summed E-state index contributed by atoms with van der Waals surface area (Å²) in [5.41, 5.74) is 5.78. The highest BCUT2D eigenvalue weighted by molar-refractivity contribution is 5.78. The van der Waals surface area contributed by atoms with E-state index < -0.39 is 0 Å². The van der Waals surface area contributed by atoms with Gasteiger partial charge in [0.15, 0.2) is 5.96 Å². The zero-order valence-corrected chi connectivity index (χ0v) is 8.08. The molecule has 2 N–H and O–H groups in total. The first-order valence-electron chi connectivity index (χ1n) is 4.79. The van der Waals surface area contributed by atoms with Gasteiger partial charge in [-0.2, -0.15) is 0 Å². The van der Waals surface area contributed by atoms with Crippen LogP contribution in [-0.4, -0.2) is 30.5 Å². The number of nitrogens with zero attached hydrogens (tertiary/aromatic N) is 2. The number of hydrogen-bond donors (Lipinski definition) is 1. The Hall–Kier alpha value is -0.730. The summed E-state index contributed by atoms with van der Waals surface area (Å²) in [5, 5.41) is 0. The molecule has 1 rings (SSSR count). The Kier molecular flexibility index (Phi) is 3.38. The van der Waals surface area contributed by atoms with Gasteiger partial charge in [-0.1, -0.05) is 6.92 Å². The summed E-state index contributed by atoms with van der Waals surface area (Å²) < 4.78 is 0. The highest BCUT2D eigenvalue weighted by Gasteiger charge is 2.16. The number of aliphatic imine (C=N–C) groups is 1. The molecule has 12 heavy (non-hydrogen) atoms. The van der Waals surface area contributed by atoms with Crippen LogP contribution in [0.15, 0.2) is 4.99 Å². The maximum Gasteiger partial charge on any atom is 0.191 e. The van der Waals surface area contributed by atoms with Crippen LogP contribution in [0.2, 0.25) is 0 Å². The molecule has 1 fully saturated rings. The summed E-state index contributed by atoms with van der Waals surface area (Å²) in [6, 6.07) is 0. The highest BCUT2D eigenvalue weighted by atomic mass is 15.2. The zero-order valence-electron chi connectivity index (χ0n) is 8.08. The lowest BCUT2D eigenvalue weighted by Gasteiger charge is -2.30. The largest absolute Gasteiger partial charge is 0.370 e. The van der Waals surface area contributed by atoms with Crippen molar-refractivity contribution in [2.45, 2.75) is 26.7 Å². The Balaban J connectivity index is 2.39. The first-order valence-corrected chi connectivity index (χ1v) is 4.79. The van der Waals surface area contributed by atoms with Gasteiger partial charge in [-0.3, -0.25) is 4.99 Å². The van der Waals surface area contributed by atoms with Crippen molar-refractivity contribution in [2.75, 3.05) is 19.6 Å². The van der Waals surface area contributed by atoms with E-state index in [0.717, 1.165) is 31.5 Å². The Bertz CT molecular complexity index is 157. The number of piperidine rings is 1. The molecule has 0 aliphatic carbocycles. The van der Waals surface area contributed by atoms with Crippen LogP contribution >= 0.6 is 0 Å². The quantitative estimate of drug-likeness (QED) is 0.471. The van der Waals surface area contributed by atoms with Gasteiger partial charge in [0, 0.05) is 19.6 Å². The molecule has 1 aliphatic heterocycles. The number of nitrogens with two attached hydrogens (primary N) is 1. The molecule has 1 aliphatic rings. The molecule has 1 saturated heterocycles. The molecule has 0 aromatic heterocycles. The van der Waals surface area contributed by atoms with Crippen molar-refractivity contribution >= 4 is 5.96 Å². The van der Waals surface area contributed by atoms with E-state index in [0.29, 0.717) is 0 Å². The summed E-state index contributed by atoms with van der Waals surface area (Å²) >= 11 is 0. The first-order chi connectivity index (χ1) is 5.74. The molecular weight excluding hydrogens is 150 g/mol. The molecule has 1 heterocycles. The molecule has 0 bridgehead atoms. The molecule has 70 valence electrons. The van der Waals surface area contributed by atoms with E-state index in [9.17, 15) is 0 Å². The third-order valence-corrected chi connectivity index (χ3v) is 2.43. The molecule has 0 saturated carbocycles. The van der Waals surface area contributed by atoms with E-state index in [1.54, 1.807) is 0 Å². The van der Waals surface area contributed by atoms with Crippen molar-refractivity contribution < 1.29 is 0 Å². The minimum atomic E-state index is 0.726. The molecule has 3 heteroatoms. The third-order valence-electron chi connectivity index (χ3n) is 2.43. The second-order valence-electron chi connectivity index (χ2n) is 3.50. The topological polar surface area (TPSA) is 41.6 Å². The van der Waals surface area contributed by atoms with Gasteiger partial charge in [0.25, 0.3) is 0 Å². The van der Waals surface area contributed by atoms with Crippen molar-refractivity contribution in [1.82, 2.24) is 4.90 Å². The minimum Gasteiger partial charge on any atom is -0.370 e. The predicted molar refractivity (Wildman–Crippen MR) is 52.1 cm³/mol. The van der Waals surface area contributed by atoms with Gasteiger partial charge >= 0.3 is 0 Å². The summed E-state index contributed by atoms with van der Waals surface area (Å²) in [5.74, 6) is 1.58. The van der Waals surface area contributed by atoms with E-state index in [1.165, 1.54) is 12.8 Å². The summed E-state index contributed by atoms with van der Waals surface area (Å²) in [6.07, 6.45) is 2.50. The van der Waals surface area contributed by atoms with E-state index in [1.807, 2.05) is 6.92 Å². The van der Waals surface area contributed by atoms with Crippen LogP contribution in [0.1, 0.15) is 26.7 Å². The van der Waals surface area contributed by atoms with Crippen molar-refractivity contribution in [1.29, 1.82) is 0 Å². The van der Waals surface area contributed by atoms with Gasteiger partial charge in [-0.15, -0.1) is 0 Å². The minimum absolute atomic E-state index is 0.726. The van der Waals surface area contributed by atoms with E-state index in [4.69, 9.17) is 5.73 Å². The fourth-order valence-corrected chi connectivity index (χ4v) is 1.50. The maximum absolute atomic E-state index is 5.78. The first kappa shape index (κ1) is 9.36. The molecule has 0 unspecified atom stereocenters. The molecular formula is C9H19N3. The maximum atomic E-state index is 5.78. The fraction of sp³-hybridized carbons (Fsp3) is 0.889. The molecule has 0 spiro atoms. The summed E-state index contributed by atoms with van der Waals surface area (Å²) in [4.78, 5) is 6.38. The standard InChI is InChI=1S/C9H19N3/c1-3-11-9(10)12-6-4-8(2)5-7-12/h8H,3-7H2,1-2H3,(H2,10,11). The lowest BCUT2D eigenvalue weighted by molar-refractivity contribution is 0.278. The second kappa shape index (κ2) is 4.33. The Morgan fingerprint density at radius 3 is 2.58 bits per heavy atom. The highest BCUT2D eigenvalue weighted by Crippen LogP contribution is 2.15. The van der Waals surface area contributed by atoms with Crippen molar-refractivity contribution in [3.63, 3.8) is 0 Å². The fourth-order valence-electron chi connectivity index (χ4n) is 1.50. The number of rotatable bonds is 1. The van der Waals surface area contributed by atoms with Gasteiger partial charge in [-0.05, 0) is 25.7 Å². The summed E-state index contributed by atoms with van der Waals surface area (Å²) in [6.45, 7) is 7.26. The Morgan fingerprint density at radius 2 is 2.08 bits per heavy atom. The normalized spacial score (nSPS) is 21.5. The van der Waals surface area contributed by atoms with Crippen molar-refractivity contribution in [2.24, 2.45) is 16.6 Å². The lowest BCUT2D eigenvalue weighted by atomic mass is 10.00. The average molecular weight is 169 g/mol. The van der Waals surface area contributed by atoms with Crippen LogP contribution in [0.25, 0.3) is 0 Å². The van der Waals surface area contributed by atoms with E-state index >= 15 is 0 Å². The number of hydrogen-bond acceptors (Lipinski definition) is 1. The van der Waals surface area contributed by atoms with Crippen LogP contribution in [0, 0.1) is 5.92 Å². The predicted octanol–water partition coefficient (Wildman–Crippen LogP) is 1.05. The van der Waals surface area contributed by atoms with Crippen LogP contribution in [-0.2, 0) is 0 Å². The molecule has 3 nitrogen and oxygen atoms in total. The second-order valence-corrected chi connectivity index (χ2v) is 3.50. The lowest BCUT2D eigenvalue weighted by Crippen LogP contribution is -2.42.